The second-order valence-electron chi connectivity index (χ2n) is 4.95. The van der Waals surface area contributed by atoms with Crippen molar-refractivity contribution in [2.24, 2.45) is 11.8 Å². The average Bonchev–Trinajstić information content (AvgIpc) is 3.03. The van der Waals surface area contributed by atoms with Gasteiger partial charge in [0.2, 0.25) is 5.91 Å². The van der Waals surface area contributed by atoms with Gasteiger partial charge in [0.15, 0.2) is 0 Å². The number of ether oxygens (including phenoxy) is 1. The third-order valence-electron chi connectivity index (χ3n) is 3.67. The molecule has 1 fully saturated rings. The molecule has 5 nitrogen and oxygen atoms in total. The van der Waals surface area contributed by atoms with Crippen LogP contribution >= 0.6 is 0 Å². The number of carboxylic acids is 1. The minimum atomic E-state index is -1.16. The van der Waals surface area contributed by atoms with Crippen LogP contribution in [0, 0.1) is 23.5 Å². The highest BCUT2D eigenvalue weighted by Crippen LogP contribution is 2.40. The molecule has 4 atom stereocenters. The van der Waals surface area contributed by atoms with E-state index < -0.39 is 47.6 Å². The molecule has 0 unspecified atom stereocenters. The summed E-state index contributed by atoms with van der Waals surface area (Å²) >= 11 is 0. The van der Waals surface area contributed by atoms with E-state index >= 15 is 0 Å². The summed E-state index contributed by atoms with van der Waals surface area (Å²) in [7, 11) is 0. The molecule has 2 aliphatic heterocycles. The molecular weight excluding hydrogens is 284 g/mol. The van der Waals surface area contributed by atoms with Crippen molar-refractivity contribution in [3.63, 3.8) is 0 Å². The van der Waals surface area contributed by atoms with Gasteiger partial charge >= 0.3 is 5.97 Å². The number of carbonyl (C=O) groups excluding carboxylic acids is 1. The first-order chi connectivity index (χ1) is 9.97. The van der Waals surface area contributed by atoms with Crippen molar-refractivity contribution >= 4 is 17.6 Å². The highest BCUT2D eigenvalue weighted by atomic mass is 19.1. The van der Waals surface area contributed by atoms with E-state index in [2.05, 4.69) is 5.32 Å². The number of rotatable bonds is 3. The first kappa shape index (κ1) is 13.7. The van der Waals surface area contributed by atoms with E-state index in [1.54, 1.807) is 12.2 Å². The molecule has 2 heterocycles. The van der Waals surface area contributed by atoms with Crippen molar-refractivity contribution in [2.45, 2.75) is 12.2 Å². The van der Waals surface area contributed by atoms with E-state index in [0.717, 1.165) is 18.2 Å². The summed E-state index contributed by atoms with van der Waals surface area (Å²) in [5.74, 6) is -5.37. The minimum absolute atomic E-state index is 0.323. The van der Waals surface area contributed by atoms with Gasteiger partial charge in [0.25, 0.3) is 0 Å². The first-order valence-electron chi connectivity index (χ1n) is 6.30. The minimum Gasteiger partial charge on any atom is -0.481 e. The summed E-state index contributed by atoms with van der Waals surface area (Å²) in [5, 5.41) is 11.4. The number of amides is 1. The Bertz CT molecular complexity index is 646. The van der Waals surface area contributed by atoms with E-state index in [-0.39, 0.29) is 5.69 Å². The molecule has 2 N–H and O–H groups in total. The fourth-order valence-electron chi connectivity index (χ4n) is 2.72. The zero-order valence-corrected chi connectivity index (χ0v) is 10.6. The Morgan fingerprint density at radius 3 is 2.48 bits per heavy atom. The van der Waals surface area contributed by atoms with Crippen LogP contribution in [0.3, 0.4) is 0 Å². The first-order valence-corrected chi connectivity index (χ1v) is 6.30. The number of halogens is 2. The lowest BCUT2D eigenvalue weighted by Crippen LogP contribution is -2.39. The summed E-state index contributed by atoms with van der Waals surface area (Å²) in [5.41, 5.74) is -0.323. The smallest absolute Gasteiger partial charge is 0.310 e. The quantitative estimate of drug-likeness (QED) is 0.830. The van der Waals surface area contributed by atoms with Gasteiger partial charge in [-0.05, 0) is 12.1 Å². The average molecular weight is 295 g/mol. The summed E-state index contributed by atoms with van der Waals surface area (Å²) in [6.45, 7) is 0. The van der Waals surface area contributed by atoms with Gasteiger partial charge in [0, 0.05) is 6.07 Å². The maximum atomic E-state index is 13.5. The van der Waals surface area contributed by atoms with Crippen molar-refractivity contribution in [3.05, 3.63) is 42.0 Å². The second-order valence-corrected chi connectivity index (χ2v) is 4.95. The molecule has 0 spiro atoms. The zero-order valence-electron chi connectivity index (χ0n) is 10.6. The predicted molar refractivity (Wildman–Crippen MR) is 67.4 cm³/mol. The third-order valence-corrected chi connectivity index (χ3v) is 3.67. The highest BCUT2D eigenvalue weighted by Gasteiger charge is 2.53. The van der Waals surface area contributed by atoms with E-state index in [0.29, 0.717) is 0 Å². The van der Waals surface area contributed by atoms with Gasteiger partial charge in [0.05, 0.1) is 23.8 Å². The van der Waals surface area contributed by atoms with Gasteiger partial charge in [-0.25, -0.2) is 8.78 Å². The van der Waals surface area contributed by atoms with Crippen molar-refractivity contribution in [1.29, 1.82) is 0 Å². The molecule has 0 saturated carbocycles. The summed E-state index contributed by atoms with van der Waals surface area (Å²) in [4.78, 5) is 23.5. The van der Waals surface area contributed by atoms with Crippen LogP contribution in [0.15, 0.2) is 30.4 Å². The molecule has 110 valence electrons. The Morgan fingerprint density at radius 2 is 1.81 bits per heavy atom. The van der Waals surface area contributed by atoms with Crippen LogP contribution in [0.2, 0.25) is 0 Å². The van der Waals surface area contributed by atoms with Gasteiger partial charge in [-0.2, -0.15) is 0 Å². The van der Waals surface area contributed by atoms with Crippen LogP contribution in [-0.4, -0.2) is 29.2 Å². The largest absolute Gasteiger partial charge is 0.481 e. The number of carbonyl (C=O) groups is 2. The van der Waals surface area contributed by atoms with E-state index in [1.807, 2.05) is 0 Å². The number of benzene rings is 1. The van der Waals surface area contributed by atoms with E-state index in [9.17, 15) is 23.5 Å². The number of hydrogen-bond donors (Lipinski definition) is 2. The van der Waals surface area contributed by atoms with Crippen LogP contribution < -0.4 is 5.32 Å². The fraction of sp³-hybridized carbons (Fsp3) is 0.286. The van der Waals surface area contributed by atoms with Crippen LogP contribution in [-0.2, 0) is 14.3 Å². The zero-order chi connectivity index (χ0) is 15.1. The standard InChI is InChI=1S/C14H11F2NO4/c15-6-1-2-7(16)8(5-6)17-13(18)11-9-3-4-10(21-9)12(11)14(19)20/h1-5,9-12H,(H,17,18)(H,19,20)/t9-,10-,11+,12-/m1/s1. The molecule has 0 radical (unpaired) electrons. The van der Waals surface area contributed by atoms with Crippen molar-refractivity contribution in [1.82, 2.24) is 0 Å². The molecule has 1 aromatic carbocycles. The van der Waals surface area contributed by atoms with Gasteiger partial charge < -0.3 is 15.2 Å². The molecule has 0 aromatic heterocycles. The predicted octanol–water partition coefficient (Wildman–Crippen LogP) is 1.56. The number of carboxylic acid groups (broad SMARTS) is 1. The lowest BCUT2D eigenvalue weighted by atomic mass is 9.82. The Hall–Kier alpha value is -2.28. The van der Waals surface area contributed by atoms with E-state index in [4.69, 9.17) is 4.74 Å². The number of anilines is 1. The number of aliphatic carboxylic acids is 1. The van der Waals surface area contributed by atoms with Gasteiger partial charge in [-0.3, -0.25) is 9.59 Å². The molecule has 1 amide bonds. The molecule has 3 rings (SSSR count). The maximum absolute atomic E-state index is 13.5. The monoisotopic (exact) mass is 295 g/mol. The molecule has 0 aliphatic carbocycles. The normalized spacial score (nSPS) is 29.6. The van der Waals surface area contributed by atoms with Gasteiger partial charge in [-0.15, -0.1) is 0 Å². The molecule has 1 aromatic rings. The molecular formula is C14H11F2NO4. The van der Waals surface area contributed by atoms with Crippen molar-refractivity contribution in [3.8, 4) is 0 Å². The number of hydrogen-bond acceptors (Lipinski definition) is 3. The second kappa shape index (κ2) is 4.92. The Morgan fingerprint density at radius 1 is 1.14 bits per heavy atom. The van der Waals surface area contributed by atoms with Crippen LogP contribution in [0.4, 0.5) is 14.5 Å². The Kier molecular flexibility index (Phi) is 3.21. The van der Waals surface area contributed by atoms with Crippen LogP contribution in [0.25, 0.3) is 0 Å². The Balaban J connectivity index is 1.83. The van der Waals surface area contributed by atoms with Crippen molar-refractivity contribution < 1.29 is 28.2 Å². The van der Waals surface area contributed by atoms with Crippen molar-refractivity contribution in [2.75, 3.05) is 5.32 Å². The highest BCUT2D eigenvalue weighted by molar-refractivity contribution is 5.96. The molecule has 1 saturated heterocycles. The Labute approximate surface area is 118 Å². The lowest BCUT2D eigenvalue weighted by Gasteiger charge is -2.21. The third kappa shape index (κ3) is 2.29. The fourth-order valence-corrected chi connectivity index (χ4v) is 2.72. The molecule has 2 aliphatic rings. The van der Waals surface area contributed by atoms with Gasteiger partial charge in [0.1, 0.15) is 17.6 Å². The maximum Gasteiger partial charge on any atom is 0.310 e. The summed E-state index contributed by atoms with van der Waals surface area (Å²) in [6, 6.07) is 2.65. The summed E-state index contributed by atoms with van der Waals surface area (Å²) < 4.78 is 32.0. The lowest BCUT2D eigenvalue weighted by molar-refractivity contribution is -0.145. The summed E-state index contributed by atoms with van der Waals surface area (Å²) in [6.07, 6.45) is 1.88. The topological polar surface area (TPSA) is 75.6 Å². The van der Waals surface area contributed by atoms with Gasteiger partial charge in [-0.1, -0.05) is 12.2 Å². The van der Waals surface area contributed by atoms with Crippen LogP contribution in [0.5, 0.6) is 0 Å². The molecule has 21 heavy (non-hydrogen) atoms. The van der Waals surface area contributed by atoms with Crippen LogP contribution in [0.1, 0.15) is 0 Å². The number of fused-ring (bicyclic) bond motifs is 2. The number of nitrogens with one attached hydrogen (secondary N) is 1. The molecule has 7 heteroatoms. The molecule has 2 bridgehead atoms. The SMILES string of the molecule is O=C(Nc1cc(F)ccc1F)[C@@H]1[C@H](C(=O)O)[C@H]2C=C[C@H]1O2. The van der Waals surface area contributed by atoms with E-state index in [1.165, 1.54) is 0 Å².